The minimum atomic E-state index is -0.132. The molecule has 1 aromatic heterocycles. The van der Waals surface area contributed by atoms with Crippen LogP contribution in [0.5, 0.6) is 0 Å². The number of carbonyl (C=O) groups is 1. The van der Waals surface area contributed by atoms with Crippen LogP contribution in [-0.2, 0) is 0 Å². The van der Waals surface area contributed by atoms with Crippen LogP contribution in [0, 0.1) is 19.8 Å². The van der Waals surface area contributed by atoms with Gasteiger partial charge >= 0.3 is 0 Å². The first-order valence-corrected chi connectivity index (χ1v) is 8.09. The van der Waals surface area contributed by atoms with Gasteiger partial charge in [-0.2, -0.15) is 0 Å². The second kappa shape index (κ2) is 6.97. The molecule has 2 atom stereocenters. The molecule has 3 rings (SSSR count). The van der Waals surface area contributed by atoms with Crippen LogP contribution in [0.3, 0.4) is 0 Å². The highest BCUT2D eigenvalue weighted by Crippen LogP contribution is 2.21. The van der Waals surface area contributed by atoms with E-state index in [9.17, 15) is 9.90 Å². The predicted octanol–water partition coefficient (Wildman–Crippen LogP) is 1.32. The van der Waals surface area contributed by atoms with E-state index >= 15 is 0 Å². The molecule has 6 nitrogen and oxygen atoms in total. The maximum absolute atomic E-state index is 12.6. The van der Waals surface area contributed by atoms with Gasteiger partial charge in [0.15, 0.2) is 0 Å². The second-order valence-corrected chi connectivity index (χ2v) is 6.29. The normalized spacial score (nSPS) is 20.2. The first-order valence-electron chi connectivity index (χ1n) is 8.09. The molecular formula is C18H22N4O2. The average Bonchev–Trinajstić information content (AvgIpc) is 2.98. The van der Waals surface area contributed by atoms with Gasteiger partial charge in [0, 0.05) is 43.6 Å². The first kappa shape index (κ1) is 16.4. The number of nitrogens with zero attached hydrogens (tertiary/aromatic N) is 3. The molecule has 1 aliphatic rings. The van der Waals surface area contributed by atoms with Crippen LogP contribution < -0.4 is 10.2 Å². The van der Waals surface area contributed by atoms with Crippen LogP contribution in [0.15, 0.2) is 36.7 Å². The number of benzene rings is 1. The molecule has 1 amide bonds. The number of aromatic nitrogens is 2. The minimum absolute atomic E-state index is 0.0150. The summed E-state index contributed by atoms with van der Waals surface area (Å²) in [4.78, 5) is 23.1. The zero-order valence-corrected chi connectivity index (χ0v) is 13.9. The van der Waals surface area contributed by atoms with Gasteiger partial charge < -0.3 is 15.3 Å². The highest BCUT2D eigenvalue weighted by molar-refractivity contribution is 5.96. The maximum Gasteiger partial charge on any atom is 0.251 e. The van der Waals surface area contributed by atoms with Crippen LogP contribution in [0.2, 0.25) is 0 Å². The number of rotatable bonds is 4. The molecule has 1 saturated heterocycles. The highest BCUT2D eigenvalue weighted by atomic mass is 16.3. The van der Waals surface area contributed by atoms with Gasteiger partial charge in [-0.3, -0.25) is 4.79 Å². The van der Waals surface area contributed by atoms with Crippen molar-refractivity contribution >= 4 is 11.9 Å². The Bertz CT molecular complexity index is 720. The van der Waals surface area contributed by atoms with E-state index in [0.29, 0.717) is 24.6 Å². The molecule has 2 heterocycles. The van der Waals surface area contributed by atoms with E-state index in [1.807, 2.05) is 36.9 Å². The summed E-state index contributed by atoms with van der Waals surface area (Å²) in [5.74, 6) is 0.481. The number of carbonyl (C=O) groups excluding carboxylic acids is 1. The second-order valence-electron chi connectivity index (χ2n) is 6.29. The summed E-state index contributed by atoms with van der Waals surface area (Å²) >= 11 is 0. The fourth-order valence-electron chi connectivity index (χ4n) is 3.15. The molecule has 1 aromatic carbocycles. The van der Waals surface area contributed by atoms with Crippen LogP contribution in [0.4, 0.5) is 5.95 Å². The zero-order valence-electron chi connectivity index (χ0n) is 13.9. The van der Waals surface area contributed by atoms with Crippen LogP contribution in [0.25, 0.3) is 0 Å². The number of aliphatic hydroxyl groups excluding tert-OH is 1. The van der Waals surface area contributed by atoms with Gasteiger partial charge in [0.2, 0.25) is 5.95 Å². The van der Waals surface area contributed by atoms with E-state index in [4.69, 9.17) is 0 Å². The molecule has 0 aliphatic carbocycles. The summed E-state index contributed by atoms with van der Waals surface area (Å²) in [5.41, 5.74) is 2.76. The number of aliphatic hydroxyl groups is 1. The molecular weight excluding hydrogens is 304 g/mol. The van der Waals surface area contributed by atoms with Gasteiger partial charge in [-0.15, -0.1) is 0 Å². The Labute approximate surface area is 141 Å². The number of aryl methyl sites for hydroxylation is 2. The third kappa shape index (κ3) is 3.38. The Morgan fingerprint density at radius 2 is 2.04 bits per heavy atom. The summed E-state index contributed by atoms with van der Waals surface area (Å²) in [7, 11) is 0. The summed E-state index contributed by atoms with van der Waals surface area (Å²) in [6, 6.07) is 7.41. The van der Waals surface area contributed by atoms with Crippen molar-refractivity contribution in [3.63, 3.8) is 0 Å². The Morgan fingerprint density at radius 3 is 2.71 bits per heavy atom. The van der Waals surface area contributed by atoms with Crippen molar-refractivity contribution in [2.45, 2.75) is 19.9 Å². The molecule has 126 valence electrons. The highest BCUT2D eigenvalue weighted by Gasteiger charge is 2.34. The predicted molar refractivity (Wildman–Crippen MR) is 92.0 cm³/mol. The Balaban J connectivity index is 1.72. The quantitative estimate of drug-likeness (QED) is 0.886. The van der Waals surface area contributed by atoms with Crippen molar-refractivity contribution < 1.29 is 9.90 Å². The van der Waals surface area contributed by atoms with Crippen molar-refractivity contribution in [1.82, 2.24) is 15.3 Å². The molecule has 24 heavy (non-hydrogen) atoms. The lowest BCUT2D eigenvalue weighted by Crippen LogP contribution is -2.41. The van der Waals surface area contributed by atoms with Crippen LogP contribution >= 0.6 is 0 Å². The summed E-state index contributed by atoms with van der Waals surface area (Å²) in [5, 5.41) is 12.7. The number of anilines is 1. The third-order valence-corrected chi connectivity index (χ3v) is 4.45. The topological polar surface area (TPSA) is 78.4 Å². The van der Waals surface area contributed by atoms with E-state index in [0.717, 1.165) is 11.1 Å². The van der Waals surface area contributed by atoms with Crippen molar-refractivity contribution in [3.8, 4) is 0 Å². The fraction of sp³-hybridized carbons (Fsp3) is 0.389. The third-order valence-electron chi connectivity index (χ3n) is 4.45. The lowest BCUT2D eigenvalue weighted by molar-refractivity contribution is 0.0921. The maximum atomic E-state index is 12.6. The van der Waals surface area contributed by atoms with E-state index in [1.54, 1.807) is 18.5 Å². The fourth-order valence-corrected chi connectivity index (χ4v) is 3.15. The molecule has 0 saturated carbocycles. The van der Waals surface area contributed by atoms with Crippen molar-refractivity contribution in [2.75, 3.05) is 24.6 Å². The number of hydrogen-bond donors (Lipinski definition) is 2. The molecule has 2 N–H and O–H groups in total. The molecule has 1 aliphatic heterocycles. The number of amides is 1. The molecule has 2 aromatic rings. The van der Waals surface area contributed by atoms with Crippen molar-refractivity contribution in [1.29, 1.82) is 0 Å². The summed E-state index contributed by atoms with van der Waals surface area (Å²) < 4.78 is 0. The summed E-state index contributed by atoms with van der Waals surface area (Å²) in [6.07, 6.45) is 3.38. The van der Waals surface area contributed by atoms with E-state index in [1.165, 1.54) is 0 Å². The minimum Gasteiger partial charge on any atom is -0.396 e. The number of nitrogens with one attached hydrogen (secondary N) is 1. The largest absolute Gasteiger partial charge is 0.396 e. The Kier molecular flexibility index (Phi) is 4.76. The van der Waals surface area contributed by atoms with Crippen molar-refractivity contribution in [2.24, 2.45) is 5.92 Å². The summed E-state index contributed by atoms with van der Waals surface area (Å²) in [6.45, 7) is 5.17. The van der Waals surface area contributed by atoms with E-state index in [-0.39, 0.29) is 24.5 Å². The smallest absolute Gasteiger partial charge is 0.251 e. The lowest BCUT2D eigenvalue weighted by atomic mass is 10.0. The Hall–Kier alpha value is -2.47. The van der Waals surface area contributed by atoms with Gasteiger partial charge in [-0.05, 0) is 31.5 Å². The SMILES string of the molecule is Cc1ccc(C(=O)N[C@@H]2CN(c3ncccn3)C[C@H]2CO)c(C)c1. The van der Waals surface area contributed by atoms with Crippen molar-refractivity contribution in [3.05, 3.63) is 53.3 Å². The van der Waals surface area contributed by atoms with E-state index in [2.05, 4.69) is 15.3 Å². The average molecular weight is 326 g/mol. The standard InChI is InChI=1S/C18H22N4O2/c1-12-4-5-15(13(2)8-12)17(24)21-16-10-22(9-14(16)11-23)18-19-6-3-7-20-18/h3-8,14,16,23H,9-11H2,1-2H3,(H,21,24)/t14-,16+/m0/s1. The Morgan fingerprint density at radius 1 is 1.29 bits per heavy atom. The molecule has 1 fully saturated rings. The van der Waals surface area contributed by atoms with Crippen LogP contribution in [0.1, 0.15) is 21.5 Å². The first-order chi connectivity index (χ1) is 11.6. The van der Waals surface area contributed by atoms with Gasteiger partial charge in [-0.25, -0.2) is 9.97 Å². The molecule has 0 bridgehead atoms. The van der Waals surface area contributed by atoms with Gasteiger partial charge in [0.25, 0.3) is 5.91 Å². The lowest BCUT2D eigenvalue weighted by Gasteiger charge is -2.18. The zero-order chi connectivity index (χ0) is 17.1. The van der Waals surface area contributed by atoms with Gasteiger partial charge in [0.1, 0.15) is 0 Å². The molecule has 0 unspecified atom stereocenters. The van der Waals surface area contributed by atoms with Gasteiger partial charge in [0.05, 0.1) is 6.04 Å². The molecule has 0 spiro atoms. The monoisotopic (exact) mass is 326 g/mol. The molecule has 0 radical (unpaired) electrons. The molecule has 6 heteroatoms. The van der Waals surface area contributed by atoms with E-state index < -0.39 is 0 Å². The number of hydrogen-bond acceptors (Lipinski definition) is 5. The van der Waals surface area contributed by atoms with Crippen LogP contribution in [-0.4, -0.2) is 46.7 Å². The van der Waals surface area contributed by atoms with Gasteiger partial charge in [-0.1, -0.05) is 17.7 Å².